The van der Waals surface area contributed by atoms with E-state index in [2.05, 4.69) is 46.0 Å². The van der Waals surface area contributed by atoms with E-state index in [-0.39, 0.29) is 0 Å². The summed E-state index contributed by atoms with van der Waals surface area (Å²) >= 11 is 6.09. The van der Waals surface area contributed by atoms with Crippen molar-refractivity contribution in [2.24, 2.45) is 5.10 Å². The van der Waals surface area contributed by atoms with Crippen LogP contribution in [0.5, 0.6) is 0 Å². The highest BCUT2D eigenvalue weighted by Crippen LogP contribution is 2.23. The van der Waals surface area contributed by atoms with Gasteiger partial charge in [0.25, 0.3) is 0 Å². The van der Waals surface area contributed by atoms with Crippen LogP contribution in [-0.2, 0) is 0 Å². The maximum absolute atomic E-state index is 6.09. The van der Waals surface area contributed by atoms with Crippen LogP contribution in [0.3, 0.4) is 0 Å². The fraction of sp³-hybridized carbons (Fsp3) is 0.0625. The second kappa shape index (κ2) is 6.41. The van der Waals surface area contributed by atoms with E-state index in [1.807, 2.05) is 24.3 Å². The molecule has 0 unspecified atom stereocenters. The second-order valence-corrected chi connectivity index (χ2v) is 5.12. The molecule has 2 aromatic rings. The summed E-state index contributed by atoms with van der Waals surface area (Å²) in [5, 5.41) is 11.7. The summed E-state index contributed by atoms with van der Waals surface area (Å²) in [6.07, 6.45) is 3.47. The Bertz CT molecular complexity index is 748. The molecule has 0 fully saturated rings. The molecule has 0 bridgehead atoms. The highest BCUT2D eigenvalue weighted by molar-refractivity contribution is 6.31. The van der Waals surface area contributed by atoms with E-state index in [0.29, 0.717) is 17.5 Å². The largest absolute Gasteiger partial charge is 0.365 e. The minimum atomic E-state index is 0.467. The number of fused-ring (bicyclic) bond motifs is 1. The molecule has 2 aromatic carbocycles. The Morgan fingerprint density at radius 1 is 1.23 bits per heavy atom. The Morgan fingerprint density at radius 2 is 2.05 bits per heavy atom. The first-order chi connectivity index (χ1) is 10.8. The predicted octanol–water partition coefficient (Wildman–Crippen LogP) is 3.16. The normalized spacial score (nSPS) is 14.0. The van der Waals surface area contributed by atoms with Crippen molar-refractivity contribution in [3.8, 4) is 0 Å². The standard InChI is InChI=1S/C16H16ClN5/c1-2-10-18-16-11-15(17)20-22(21-16)19-14-9-5-7-12-6-3-4-8-13(12)14/h2-9,11,19-20H,1,10H2,(H,18,21). The van der Waals surface area contributed by atoms with Crippen molar-refractivity contribution in [3.05, 3.63) is 66.4 Å². The van der Waals surface area contributed by atoms with Gasteiger partial charge < -0.3 is 5.32 Å². The highest BCUT2D eigenvalue weighted by atomic mass is 35.5. The molecule has 5 nitrogen and oxygen atoms in total. The number of halogens is 1. The maximum Gasteiger partial charge on any atom is 0.153 e. The second-order valence-electron chi connectivity index (χ2n) is 4.71. The minimum Gasteiger partial charge on any atom is -0.365 e. The summed E-state index contributed by atoms with van der Waals surface area (Å²) in [6.45, 7) is 4.28. The topological polar surface area (TPSA) is 51.7 Å². The Hall–Kier alpha value is -2.66. The van der Waals surface area contributed by atoms with Crippen LogP contribution in [0.1, 0.15) is 0 Å². The van der Waals surface area contributed by atoms with Gasteiger partial charge in [0.2, 0.25) is 0 Å². The summed E-state index contributed by atoms with van der Waals surface area (Å²) in [4.78, 5) is 0. The molecule has 0 radical (unpaired) electrons. The lowest BCUT2D eigenvalue weighted by molar-refractivity contribution is 0.278. The lowest BCUT2D eigenvalue weighted by Crippen LogP contribution is -2.42. The Balaban J connectivity index is 1.84. The quantitative estimate of drug-likeness (QED) is 0.599. The number of nitrogens with one attached hydrogen (secondary N) is 3. The van der Waals surface area contributed by atoms with Gasteiger partial charge in [-0.2, -0.15) is 0 Å². The number of benzene rings is 2. The van der Waals surface area contributed by atoms with Crippen molar-refractivity contribution in [1.29, 1.82) is 0 Å². The van der Waals surface area contributed by atoms with Crippen LogP contribution in [0.4, 0.5) is 5.69 Å². The predicted molar refractivity (Wildman–Crippen MR) is 92.1 cm³/mol. The summed E-state index contributed by atoms with van der Waals surface area (Å²) in [5.74, 6) is 0.649. The average Bonchev–Trinajstić information content (AvgIpc) is 2.53. The molecule has 0 aliphatic carbocycles. The molecule has 0 atom stereocenters. The zero-order chi connectivity index (χ0) is 15.4. The molecule has 22 heavy (non-hydrogen) atoms. The van der Waals surface area contributed by atoms with Crippen molar-refractivity contribution in [1.82, 2.24) is 16.0 Å². The van der Waals surface area contributed by atoms with Crippen LogP contribution in [0.15, 0.2) is 71.5 Å². The summed E-state index contributed by atoms with van der Waals surface area (Å²) in [5.41, 5.74) is 7.07. The summed E-state index contributed by atoms with van der Waals surface area (Å²) in [6, 6.07) is 14.2. The molecule has 3 N–H and O–H groups in total. The zero-order valence-corrected chi connectivity index (χ0v) is 12.6. The van der Waals surface area contributed by atoms with E-state index in [9.17, 15) is 0 Å². The van der Waals surface area contributed by atoms with Crippen molar-refractivity contribution < 1.29 is 0 Å². The van der Waals surface area contributed by atoms with Crippen molar-refractivity contribution >= 4 is 33.9 Å². The number of hydrazone groups is 1. The van der Waals surface area contributed by atoms with Crippen LogP contribution in [0.25, 0.3) is 10.8 Å². The average molecular weight is 314 g/mol. The van der Waals surface area contributed by atoms with E-state index < -0.39 is 0 Å². The van der Waals surface area contributed by atoms with Gasteiger partial charge in [-0.15, -0.1) is 16.9 Å². The van der Waals surface area contributed by atoms with Crippen LogP contribution in [0, 0.1) is 0 Å². The third-order valence-corrected chi connectivity index (χ3v) is 3.32. The third-order valence-electron chi connectivity index (χ3n) is 3.13. The van der Waals surface area contributed by atoms with Gasteiger partial charge in [-0.1, -0.05) is 54.1 Å². The fourth-order valence-corrected chi connectivity index (χ4v) is 2.35. The van der Waals surface area contributed by atoms with Gasteiger partial charge in [0, 0.05) is 18.0 Å². The first-order valence-corrected chi connectivity index (χ1v) is 7.26. The lowest BCUT2D eigenvalue weighted by atomic mass is 10.1. The van der Waals surface area contributed by atoms with Crippen LogP contribution < -0.4 is 16.2 Å². The first kappa shape index (κ1) is 14.3. The number of anilines is 1. The van der Waals surface area contributed by atoms with Crippen molar-refractivity contribution in [2.45, 2.75) is 0 Å². The number of hydrogen-bond donors (Lipinski definition) is 3. The van der Waals surface area contributed by atoms with E-state index in [1.165, 1.54) is 5.23 Å². The van der Waals surface area contributed by atoms with E-state index >= 15 is 0 Å². The van der Waals surface area contributed by atoms with Gasteiger partial charge in [-0.25, -0.2) is 0 Å². The molecule has 0 amide bonds. The molecular weight excluding hydrogens is 298 g/mol. The van der Waals surface area contributed by atoms with Gasteiger partial charge in [0.15, 0.2) is 5.84 Å². The van der Waals surface area contributed by atoms with Gasteiger partial charge >= 0.3 is 0 Å². The third kappa shape index (κ3) is 3.15. The smallest absolute Gasteiger partial charge is 0.153 e. The molecule has 1 aliphatic heterocycles. The molecule has 3 rings (SSSR count). The zero-order valence-electron chi connectivity index (χ0n) is 11.9. The number of nitrogens with zero attached hydrogens (tertiary/aromatic N) is 2. The number of hydrazine groups is 2. The Kier molecular flexibility index (Phi) is 4.16. The molecule has 1 aliphatic rings. The molecule has 1 heterocycles. The van der Waals surface area contributed by atoms with Gasteiger partial charge in [0.1, 0.15) is 5.16 Å². The van der Waals surface area contributed by atoms with Crippen LogP contribution in [-0.4, -0.2) is 17.6 Å². The molecule has 6 heteroatoms. The molecule has 0 saturated carbocycles. The molecule has 112 valence electrons. The molecule has 0 aromatic heterocycles. The van der Waals surface area contributed by atoms with Gasteiger partial charge in [-0.3, -0.25) is 10.9 Å². The van der Waals surface area contributed by atoms with Gasteiger partial charge in [-0.05, 0) is 11.5 Å². The van der Waals surface area contributed by atoms with Crippen molar-refractivity contribution in [3.63, 3.8) is 0 Å². The Labute approximate surface area is 133 Å². The fourth-order valence-electron chi connectivity index (χ4n) is 2.17. The first-order valence-electron chi connectivity index (χ1n) is 6.88. The Morgan fingerprint density at radius 3 is 2.91 bits per heavy atom. The molecular formula is C16H16ClN5. The monoisotopic (exact) mass is 313 g/mol. The highest BCUT2D eigenvalue weighted by Gasteiger charge is 2.12. The molecule has 0 saturated heterocycles. The summed E-state index contributed by atoms with van der Waals surface area (Å²) < 4.78 is 0. The number of amidine groups is 1. The van der Waals surface area contributed by atoms with E-state index in [1.54, 1.807) is 12.2 Å². The van der Waals surface area contributed by atoms with Crippen LogP contribution in [0.2, 0.25) is 0 Å². The maximum atomic E-state index is 6.09. The number of hydrogen-bond acceptors (Lipinski definition) is 5. The summed E-state index contributed by atoms with van der Waals surface area (Å²) in [7, 11) is 0. The SMILES string of the molecule is C=CCNC1=NN(Nc2cccc3ccccc23)NC(Cl)=C1. The number of rotatable bonds is 4. The van der Waals surface area contributed by atoms with Crippen LogP contribution >= 0.6 is 11.6 Å². The molecule has 0 spiro atoms. The van der Waals surface area contributed by atoms with E-state index in [0.717, 1.165) is 16.5 Å². The van der Waals surface area contributed by atoms with E-state index in [4.69, 9.17) is 11.6 Å². The van der Waals surface area contributed by atoms with Crippen molar-refractivity contribution in [2.75, 3.05) is 12.0 Å². The van der Waals surface area contributed by atoms with Gasteiger partial charge in [0.05, 0.1) is 5.69 Å². The minimum absolute atomic E-state index is 0.467. The lowest BCUT2D eigenvalue weighted by Gasteiger charge is -2.26.